The first-order valence-corrected chi connectivity index (χ1v) is 7.18. The summed E-state index contributed by atoms with van der Waals surface area (Å²) in [5.74, 6) is -0.271. The highest BCUT2D eigenvalue weighted by molar-refractivity contribution is 6.61. The molecule has 0 aromatic heterocycles. The highest BCUT2D eigenvalue weighted by Crippen LogP contribution is 2.21. The highest BCUT2D eigenvalue weighted by Gasteiger charge is 2.32. The Morgan fingerprint density at radius 2 is 1.82 bits per heavy atom. The molecule has 1 aliphatic rings. The zero-order chi connectivity index (χ0) is 16.0. The third kappa shape index (κ3) is 5.51. The van der Waals surface area contributed by atoms with Gasteiger partial charge in [0, 0.05) is 6.61 Å². The number of halogens is 3. The van der Waals surface area contributed by atoms with Crippen molar-refractivity contribution in [2.24, 2.45) is 0 Å². The molecule has 1 aliphatic heterocycles. The Morgan fingerprint density at radius 3 is 2.36 bits per heavy atom. The van der Waals surface area contributed by atoms with Gasteiger partial charge in [-0.15, -0.1) is 13.2 Å². The molecule has 1 aromatic rings. The van der Waals surface area contributed by atoms with E-state index < -0.39 is 13.5 Å². The van der Waals surface area contributed by atoms with Crippen molar-refractivity contribution in [3.8, 4) is 5.75 Å². The minimum Gasteiger partial charge on any atom is -0.406 e. The number of hydrogen-bond acceptors (Lipinski definition) is 4. The lowest BCUT2D eigenvalue weighted by Crippen LogP contribution is -2.47. The van der Waals surface area contributed by atoms with Crippen LogP contribution >= 0.6 is 0 Å². The predicted molar refractivity (Wildman–Crippen MR) is 75.1 cm³/mol. The molecule has 8 heteroatoms. The molecule has 122 valence electrons. The van der Waals surface area contributed by atoms with Gasteiger partial charge in [-0.1, -0.05) is 25.5 Å². The van der Waals surface area contributed by atoms with Crippen molar-refractivity contribution in [2.45, 2.75) is 32.2 Å². The lowest BCUT2D eigenvalue weighted by Gasteiger charge is -2.27. The summed E-state index contributed by atoms with van der Waals surface area (Å²) in [6.45, 7) is 3.55. The second-order valence-electron chi connectivity index (χ2n) is 4.96. The van der Waals surface area contributed by atoms with E-state index in [1.54, 1.807) is 0 Å². The molecular formula is C14H18BF3O4. The molecule has 0 atom stereocenters. The summed E-state index contributed by atoms with van der Waals surface area (Å²) in [5.41, 5.74) is 0.640. The van der Waals surface area contributed by atoms with E-state index in [1.165, 1.54) is 24.3 Å². The van der Waals surface area contributed by atoms with Crippen molar-refractivity contribution >= 4 is 12.6 Å². The Morgan fingerprint density at radius 1 is 1.18 bits per heavy atom. The molecule has 0 N–H and O–H groups in total. The first kappa shape index (κ1) is 17.1. The normalized spacial score (nSPS) is 16.8. The summed E-state index contributed by atoms with van der Waals surface area (Å²) in [4.78, 5) is 0. The maximum absolute atomic E-state index is 12.1. The maximum atomic E-state index is 12.1. The Labute approximate surface area is 127 Å². The van der Waals surface area contributed by atoms with Gasteiger partial charge in [-0.2, -0.15) is 0 Å². The number of rotatable bonds is 6. The van der Waals surface area contributed by atoms with Crippen LogP contribution in [0, 0.1) is 0 Å². The minimum absolute atomic E-state index is 0.101. The fourth-order valence-corrected chi connectivity index (χ4v) is 2.00. The van der Waals surface area contributed by atoms with Gasteiger partial charge >= 0.3 is 13.5 Å². The van der Waals surface area contributed by atoms with Gasteiger partial charge in [0.05, 0.1) is 13.2 Å². The van der Waals surface area contributed by atoms with Crippen LogP contribution < -0.4 is 10.2 Å². The van der Waals surface area contributed by atoms with Crippen molar-refractivity contribution in [3.63, 3.8) is 0 Å². The van der Waals surface area contributed by atoms with E-state index in [0.717, 1.165) is 12.8 Å². The van der Waals surface area contributed by atoms with Gasteiger partial charge in [0.15, 0.2) is 0 Å². The molecular weight excluding hydrogens is 300 g/mol. The van der Waals surface area contributed by atoms with Crippen molar-refractivity contribution in [1.82, 2.24) is 0 Å². The van der Waals surface area contributed by atoms with Gasteiger partial charge in [0.1, 0.15) is 11.9 Å². The fraction of sp³-hybridized carbons (Fsp3) is 0.571. The molecule has 1 fully saturated rings. The summed E-state index contributed by atoms with van der Waals surface area (Å²) in [6.07, 6.45) is -2.75. The summed E-state index contributed by atoms with van der Waals surface area (Å²) in [6, 6.07) is 5.45. The molecule has 2 rings (SSSR count). The molecule has 1 heterocycles. The zero-order valence-electron chi connectivity index (χ0n) is 12.3. The van der Waals surface area contributed by atoms with Crippen molar-refractivity contribution in [1.29, 1.82) is 0 Å². The third-order valence-electron chi connectivity index (χ3n) is 3.10. The SMILES string of the molecule is CCCCOC1COB(c2ccc(OC(F)(F)F)cc2)OC1. The molecule has 4 nitrogen and oxygen atoms in total. The van der Waals surface area contributed by atoms with E-state index in [4.69, 9.17) is 14.0 Å². The Bertz CT molecular complexity index is 444. The lowest BCUT2D eigenvalue weighted by molar-refractivity contribution is -0.274. The Kier molecular flexibility index (Phi) is 6.11. The van der Waals surface area contributed by atoms with Crippen LogP contribution in [0.25, 0.3) is 0 Å². The molecule has 0 amide bonds. The van der Waals surface area contributed by atoms with Crippen LogP contribution in [-0.4, -0.2) is 39.4 Å². The topological polar surface area (TPSA) is 36.9 Å². The maximum Gasteiger partial charge on any atom is 0.573 e. The third-order valence-corrected chi connectivity index (χ3v) is 3.10. The average Bonchev–Trinajstić information content (AvgIpc) is 2.48. The number of hydrogen-bond donors (Lipinski definition) is 0. The van der Waals surface area contributed by atoms with E-state index >= 15 is 0 Å². The number of benzene rings is 1. The average molecular weight is 318 g/mol. The van der Waals surface area contributed by atoms with Crippen LogP contribution in [0.3, 0.4) is 0 Å². The standard InChI is InChI=1S/C14H18BF3O4/c1-2-3-8-19-13-9-20-15(21-10-13)11-4-6-12(7-5-11)22-14(16,17)18/h4-7,13H,2-3,8-10H2,1H3. The summed E-state index contributed by atoms with van der Waals surface area (Å²) in [5, 5.41) is 0. The lowest BCUT2D eigenvalue weighted by atomic mass is 9.78. The zero-order valence-corrected chi connectivity index (χ0v) is 12.3. The molecule has 0 spiro atoms. The summed E-state index contributed by atoms with van der Waals surface area (Å²) < 4.78 is 56.7. The first-order chi connectivity index (χ1) is 10.5. The molecule has 22 heavy (non-hydrogen) atoms. The van der Waals surface area contributed by atoms with Crippen molar-refractivity contribution < 1.29 is 32.0 Å². The Hall–Kier alpha value is -1.25. The number of alkyl halides is 3. The van der Waals surface area contributed by atoms with Crippen LogP contribution in [0.2, 0.25) is 0 Å². The van der Waals surface area contributed by atoms with Crippen LogP contribution in [0.15, 0.2) is 24.3 Å². The van der Waals surface area contributed by atoms with Crippen LogP contribution in [0.5, 0.6) is 5.75 Å². The smallest absolute Gasteiger partial charge is 0.406 e. The predicted octanol–water partition coefficient (Wildman–Crippen LogP) is 2.51. The molecule has 0 saturated carbocycles. The quantitative estimate of drug-likeness (QED) is 0.597. The van der Waals surface area contributed by atoms with Gasteiger partial charge in [0.2, 0.25) is 0 Å². The Balaban J connectivity index is 1.81. The van der Waals surface area contributed by atoms with E-state index in [2.05, 4.69) is 11.7 Å². The molecule has 0 bridgehead atoms. The second kappa shape index (κ2) is 7.85. The van der Waals surface area contributed by atoms with E-state index in [0.29, 0.717) is 25.3 Å². The number of unbranched alkanes of at least 4 members (excludes halogenated alkanes) is 1. The molecule has 0 unspecified atom stereocenters. The van der Waals surface area contributed by atoms with Gasteiger partial charge in [-0.3, -0.25) is 0 Å². The van der Waals surface area contributed by atoms with Gasteiger partial charge in [-0.05, 0) is 24.0 Å². The molecule has 1 saturated heterocycles. The molecule has 0 aliphatic carbocycles. The first-order valence-electron chi connectivity index (χ1n) is 7.18. The van der Waals surface area contributed by atoms with Gasteiger partial charge in [0.25, 0.3) is 0 Å². The number of ether oxygens (including phenoxy) is 2. The monoisotopic (exact) mass is 318 g/mol. The van der Waals surface area contributed by atoms with Crippen molar-refractivity contribution in [3.05, 3.63) is 24.3 Å². The van der Waals surface area contributed by atoms with Gasteiger partial charge in [-0.25, -0.2) is 0 Å². The van der Waals surface area contributed by atoms with Gasteiger partial charge < -0.3 is 18.8 Å². The van der Waals surface area contributed by atoms with E-state index in [-0.39, 0.29) is 11.9 Å². The highest BCUT2D eigenvalue weighted by atomic mass is 19.4. The van der Waals surface area contributed by atoms with E-state index in [1.807, 2.05) is 0 Å². The van der Waals surface area contributed by atoms with Crippen molar-refractivity contribution in [2.75, 3.05) is 19.8 Å². The van der Waals surface area contributed by atoms with E-state index in [9.17, 15) is 13.2 Å². The summed E-state index contributed by atoms with van der Waals surface area (Å²) in [7, 11) is -0.592. The van der Waals surface area contributed by atoms with Crippen LogP contribution in [0.4, 0.5) is 13.2 Å². The largest absolute Gasteiger partial charge is 0.573 e. The molecule has 1 aromatic carbocycles. The second-order valence-corrected chi connectivity index (χ2v) is 4.96. The summed E-state index contributed by atoms with van der Waals surface area (Å²) >= 11 is 0. The molecule has 0 radical (unpaired) electrons. The fourth-order valence-electron chi connectivity index (χ4n) is 2.00. The minimum atomic E-state index is -4.69. The van der Waals surface area contributed by atoms with Crippen LogP contribution in [-0.2, 0) is 14.0 Å². The van der Waals surface area contributed by atoms with Crippen LogP contribution in [0.1, 0.15) is 19.8 Å².